The fourth-order valence-electron chi connectivity index (χ4n) is 11.5. The van der Waals surface area contributed by atoms with E-state index in [4.69, 9.17) is 4.74 Å². The Kier molecular flexibility index (Phi) is 67.4. The zero-order chi connectivity index (χ0) is 57.1. The van der Waals surface area contributed by atoms with E-state index in [1.165, 1.54) is 321 Å². The molecule has 79 heavy (non-hydrogen) atoms. The molecule has 3 N–H and O–H groups in total. The summed E-state index contributed by atoms with van der Waals surface area (Å²) >= 11 is 0. The van der Waals surface area contributed by atoms with Crippen LogP contribution in [-0.2, 0) is 14.3 Å². The van der Waals surface area contributed by atoms with E-state index in [1.54, 1.807) is 0 Å². The van der Waals surface area contributed by atoms with Crippen molar-refractivity contribution < 1.29 is 24.5 Å². The molecule has 468 valence electrons. The molecule has 0 aliphatic carbocycles. The van der Waals surface area contributed by atoms with Crippen LogP contribution in [-0.4, -0.2) is 47.4 Å². The van der Waals surface area contributed by atoms with E-state index in [0.29, 0.717) is 25.9 Å². The van der Waals surface area contributed by atoms with Crippen molar-refractivity contribution in [2.45, 2.75) is 418 Å². The Balaban J connectivity index is 3.29. The highest BCUT2D eigenvalue weighted by Gasteiger charge is 2.20. The quantitative estimate of drug-likeness (QED) is 0.0320. The van der Waals surface area contributed by atoms with Gasteiger partial charge >= 0.3 is 5.97 Å². The van der Waals surface area contributed by atoms with Crippen LogP contribution in [0.3, 0.4) is 0 Å². The van der Waals surface area contributed by atoms with Crippen molar-refractivity contribution in [3.8, 4) is 0 Å². The lowest BCUT2D eigenvalue weighted by atomic mass is 10.0. The summed E-state index contributed by atoms with van der Waals surface area (Å²) in [5.41, 5.74) is 0. The second-order valence-corrected chi connectivity index (χ2v) is 24.9. The molecule has 0 aliphatic heterocycles. The van der Waals surface area contributed by atoms with Crippen molar-refractivity contribution in [3.05, 3.63) is 24.3 Å². The maximum absolute atomic E-state index is 12.5. The van der Waals surface area contributed by atoms with E-state index in [-0.39, 0.29) is 18.5 Å². The Morgan fingerprint density at radius 2 is 0.633 bits per heavy atom. The van der Waals surface area contributed by atoms with E-state index < -0.39 is 12.1 Å². The Morgan fingerprint density at radius 3 is 0.987 bits per heavy atom. The van der Waals surface area contributed by atoms with Crippen LogP contribution in [0.1, 0.15) is 406 Å². The van der Waals surface area contributed by atoms with Crippen molar-refractivity contribution in [1.29, 1.82) is 0 Å². The summed E-state index contributed by atoms with van der Waals surface area (Å²) in [5.74, 6) is -0.0190. The van der Waals surface area contributed by atoms with E-state index in [1.807, 2.05) is 0 Å². The predicted octanol–water partition coefficient (Wildman–Crippen LogP) is 23.3. The zero-order valence-corrected chi connectivity index (χ0v) is 53.6. The molecule has 2 atom stereocenters. The van der Waals surface area contributed by atoms with Gasteiger partial charge in [0.15, 0.2) is 0 Å². The highest BCUT2D eigenvalue weighted by Crippen LogP contribution is 2.19. The summed E-state index contributed by atoms with van der Waals surface area (Å²) in [7, 11) is 0. The van der Waals surface area contributed by atoms with E-state index in [0.717, 1.165) is 51.4 Å². The normalized spacial score (nSPS) is 12.6. The summed E-state index contributed by atoms with van der Waals surface area (Å²) in [6.45, 7) is 4.95. The Bertz CT molecular complexity index is 1230. The topological polar surface area (TPSA) is 95.9 Å². The first-order chi connectivity index (χ1) is 39.0. The molecule has 0 aromatic carbocycles. The first-order valence-corrected chi connectivity index (χ1v) is 36.1. The maximum Gasteiger partial charge on any atom is 0.305 e. The number of esters is 1. The molecular weight excluding hydrogens is 971 g/mol. The van der Waals surface area contributed by atoms with Crippen LogP contribution in [0.4, 0.5) is 0 Å². The number of hydrogen-bond acceptors (Lipinski definition) is 5. The van der Waals surface area contributed by atoms with Gasteiger partial charge in [-0.05, 0) is 57.8 Å². The number of hydrogen-bond donors (Lipinski definition) is 3. The molecule has 0 heterocycles. The number of amides is 1. The molecule has 1 amide bonds. The van der Waals surface area contributed by atoms with Crippen molar-refractivity contribution in [1.82, 2.24) is 5.32 Å². The Morgan fingerprint density at radius 1 is 0.354 bits per heavy atom. The molecule has 0 fully saturated rings. The molecule has 0 saturated heterocycles. The molecule has 0 aromatic rings. The van der Waals surface area contributed by atoms with E-state index in [9.17, 15) is 19.8 Å². The molecule has 0 bridgehead atoms. The van der Waals surface area contributed by atoms with Gasteiger partial charge in [0.25, 0.3) is 0 Å². The van der Waals surface area contributed by atoms with Crippen molar-refractivity contribution in [3.63, 3.8) is 0 Å². The minimum atomic E-state index is -0.659. The molecule has 0 spiro atoms. The third-order valence-corrected chi connectivity index (χ3v) is 17.0. The van der Waals surface area contributed by atoms with Crippen LogP contribution in [0.25, 0.3) is 0 Å². The van der Waals surface area contributed by atoms with Gasteiger partial charge in [-0.1, -0.05) is 359 Å². The average molecular weight is 1110 g/mol. The number of unbranched alkanes of at least 4 members (excludes halogenated alkanes) is 53. The third-order valence-electron chi connectivity index (χ3n) is 17.0. The van der Waals surface area contributed by atoms with E-state index in [2.05, 4.69) is 43.5 Å². The highest BCUT2D eigenvalue weighted by molar-refractivity contribution is 5.76. The monoisotopic (exact) mass is 1110 g/mol. The first kappa shape index (κ1) is 77.3. The minimum absolute atomic E-state index is 0.00903. The van der Waals surface area contributed by atoms with E-state index >= 15 is 0 Å². The molecule has 0 aliphatic rings. The summed E-state index contributed by atoms with van der Waals surface area (Å²) in [6.07, 6.45) is 86.8. The molecule has 0 rings (SSSR count). The highest BCUT2D eigenvalue weighted by atomic mass is 16.5. The molecule has 6 heteroatoms. The number of ether oxygens (including phenoxy) is 1. The Labute approximate surface area is 494 Å². The average Bonchev–Trinajstić information content (AvgIpc) is 3.45. The van der Waals surface area contributed by atoms with Gasteiger partial charge in [-0.2, -0.15) is 0 Å². The number of aliphatic hydroxyl groups is 2. The largest absolute Gasteiger partial charge is 0.466 e. The number of nitrogens with one attached hydrogen (secondary N) is 1. The van der Waals surface area contributed by atoms with Crippen LogP contribution in [0.2, 0.25) is 0 Å². The van der Waals surface area contributed by atoms with Gasteiger partial charge in [-0.25, -0.2) is 0 Å². The second-order valence-electron chi connectivity index (χ2n) is 24.9. The second kappa shape index (κ2) is 68.8. The van der Waals surface area contributed by atoms with Crippen molar-refractivity contribution in [2.75, 3.05) is 13.2 Å². The maximum atomic E-state index is 12.5. The van der Waals surface area contributed by atoms with Gasteiger partial charge in [-0.15, -0.1) is 0 Å². The van der Waals surface area contributed by atoms with Crippen LogP contribution >= 0.6 is 0 Å². The first-order valence-electron chi connectivity index (χ1n) is 36.1. The van der Waals surface area contributed by atoms with Crippen LogP contribution in [0.5, 0.6) is 0 Å². The van der Waals surface area contributed by atoms with Gasteiger partial charge in [-0.3, -0.25) is 9.59 Å². The third kappa shape index (κ3) is 65.4. The lowest BCUT2D eigenvalue weighted by Crippen LogP contribution is -2.45. The van der Waals surface area contributed by atoms with Gasteiger partial charge in [0, 0.05) is 12.8 Å². The molecule has 0 aromatic heterocycles. The SMILES string of the molecule is CCCCC/C=C\C/C=C\CCCCCCCC(=O)OCCCCCCCCCCCCCCCCCCCCCCCCCCCCCCCCCCCCCC(=O)NC(CO)C(O)CCCCCCCCCCCCCC. The number of carbonyl (C=O) groups excluding carboxylic acids is 2. The number of allylic oxidation sites excluding steroid dienone is 4. The van der Waals surface area contributed by atoms with Crippen LogP contribution in [0, 0.1) is 0 Å². The minimum Gasteiger partial charge on any atom is -0.466 e. The standard InChI is InChI=1S/C73H141NO5/c1-3-5-7-9-11-13-15-17-39-43-47-51-55-59-63-67-73(78)79-68-64-60-56-52-48-44-41-38-36-34-32-30-28-26-24-22-20-18-19-21-23-25-27-29-31-33-35-37-40-42-46-50-54-58-62-66-72(77)74-70(69-75)71(76)65-61-57-53-49-45-16-14-12-10-8-6-4-2/h11,13,17,39,70-71,75-76H,3-10,12,14-16,18-38,40-69H2,1-2H3,(H,74,77)/b13-11-,39-17-. The van der Waals surface area contributed by atoms with Gasteiger partial charge in [0.05, 0.1) is 25.4 Å². The number of aliphatic hydroxyl groups excluding tert-OH is 2. The number of carbonyl (C=O) groups is 2. The van der Waals surface area contributed by atoms with Gasteiger partial charge in [0.1, 0.15) is 0 Å². The summed E-state index contributed by atoms with van der Waals surface area (Å²) in [6, 6.07) is -0.536. The Hall–Kier alpha value is -1.66. The molecule has 0 radical (unpaired) electrons. The van der Waals surface area contributed by atoms with Crippen LogP contribution in [0.15, 0.2) is 24.3 Å². The fourth-order valence-corrected chi connectivity index (χ4v) is 11.5. The van der Waals surface area contributed by atoms with Gasteiger partial charge < -0.3 is 20.3 Å². The molecule has 6 nitrogen and oxygen atoms in total. The summed E-state index contributed by atoms with van der Waals surface area (Å²) < 4.78 is 5.49. The molecular formula is C73H141NO5. The fraction of sp³-hybridized carbons (Fsp3) is 0.918. The molecule has 0 saturated carbocycles. The zero-order valence-electron chi connectivity index (χ0n) is 53.6. The smallest absolute Gasteiger partial charge is 0.305 e. The predicted molar refractivity (Wildman–Crippen MR) is 347 cm³/mol. The lowest BCUT2D eigenvalue weighted by molar-refractivity contribution is -0.143. The van der Waals surface area contributed by atoms with Crippen LogP contribution < -0.4 is 5.32 Å². The molecule has 2 unspecified atom stereocenters. The lowest BCUT2D eigenvalue weighted by Gasteiger charge is -2.22. The summed E-state index contributed by atoms with van der Waals surface area (Å²) in [5, 5.41) is 23.3. The summed E-state index contributed by atoms with van der Waals surface area (Å²) in [4.78, 5) is 24.5. The van der Waals surface area contributed by atoms with Crippen molar-refractivity contribution in [2.24, 2.45) is 0 Å². The number of rotatable bonds is 68. The van der Waals surface area contributed by atoms with Crippen molar-refractivity contribution >= 4 is 11.9 Å². The van der Waals surface area contributed by atoms with Gasteiger partial charge in [0.2, 0.25) is 5.91 Å².